The maximum atomic E-state index is 10.2. The van der Waals surface area contributed by atoms with Crippen molar-refractivity contribution in [3.8, 4) is 0 Å². The van der Waals surface area contributed by atoms with Crippen LogP contribution in [0, 0.1) is 0 Å². The average molecular weight is 314 g/mol. The van der Waals surface area contributed by atoms with E-state index in [-0.39, 0.29) is 6.42 Å². The number of rotatable bonds is 12. The predicted molar refractivity (Wildman–Crippen MR) is 93.2 cm³/mol. The molecule has 0 aromatic rings. The molecule has 22 heavy (non-hydrogen) atoms. The first-order valence-electron chi connectivity index (χ1n) is 8.09. The maximum absolute atomic E-state index is 10.2. The SMILES string of the molecule is C=C.C=CCC(=O)O.CCCCCCCCCCCC(=O)O. The van der Waals surface area contributed by atoms with Gasteiger partial charge in [0.1, 0.15) is 0 Å². The predicted octanol–water partition coefficient (Wildman–Crippen LogP) is 5.44. The Morgan fingerprint density at radius 2 is 1.23 bits per heavy atom. The molecular weight excluding hydrogens is 280 g/mol. The number of unbranched alkanes of at least 4 members (excludes halogenated alkanes) is 8. The van der Waals surface area contributed by atoms with Crippen LogP contribution >= 0.6 is 0 Å². The Morgan fingerprint density at radius 1 is 0.818 bits per heavy atom. The zero-order valence-corrected chi connectivity index (χ0v) is 14.2. The fourth-order valence-electron chi connectivity index (χ4n) is 1.71. The van der Waals surface area contributed by atoms with Gasteiger partial charge in [0.25, 0.3) is 0 Å². The van der Waals surface area contributed by atoms with Crippen LogP contribution in [0.1, 0.15) is 77.6 Å². The third-order valence-electron chi connectivity index (χ3n) is 2.81. The monoisotopic (exact) mass is 314 g/mol. The zero-order valence-electron chi connectivity index (χ0n) is 14.2. The number of aliphatic carboxylic acids is 2. The summed E-state index contributed by atoms with van der Waals surface area (Å²) in [6.45, 7) is 11.4. The van der Waals surface area contributed by atoms with Crippen LogP contribution in [0.4, 0.5) is 0 Å². The van der Waals surface area contributed by atoms with Gasteiger partial charge in [-0.2, -0.15) is 0 Å². The minimum atomic E-state index is -0.829. The van der Waals surface area contributed by atoms with Crippen molar-refractivity contribution in [3.63, 3.8) is 0 Å². The van der Waals surface area contributed by atoms with Crippen molar-refractivity contribution in [2.75, 3.05) is 0 Å². The normalized spacial score (nSPS) is 8.77. The van der Waals surface area contributed by atoms with Gasteiger partial charge in [-0.05, 0) is 6.42 Å². The Hall–Kier alpha value is -1.58. The Labute approximate surface area is 135 Å². The summed E-state index contributed by atoms with van der Waals surface area (Å²) in [5.41, 5.74) is 0. The van der Waals surface area contributed by atoms with Crippen LogP contribution in [0.3, 0.4) is 0 Å². The molecule has 0 fully saturated rings. The lowest BCUT2D eigenvalue weighted by Gasteiger charge is -2.00. The lowest BCUT2D eigenvalue weighted by molar-refractivity contribution is -0.137. The molecule has 0 aliphatic rings. The molecule has 4 nitrogen and oxygen atoms in total. The van der Waals surface area contributed by atoms with Gasteiger partial charge in [-0.15, -0.1) is 19.7 Å². The van der Waals surface area contributed by atoms with E-state index >= 15 is 0 Å². The van der Waals surface area contributed by atoms with Crippen molar-refractivity contribution >= 4 is 11.9 Å². The third kappa shape index (κ3) is 36.2. The number of carboxylic acids is 2. The summed E-state index contributed by atoms with van der Waals surface area (Å²) >= 11 is 0. The second kappa shape index (κ2) is 24.4. The molecule has 0 rings (SSSR count). The highest BCUT2D eigenvalue weighted by atomic mass is 16.4. The number of carbonyl (C=O) groups is 2. The number of hydrogen-bond donors (Lipinski definition) is 2. The summed E-state index contributed by atoms with van der Waals surface area (Å²) in [6, 6.07) is 0. The lowest BCUT2D eigenvalue weighted by atomic mass is 10.1. The van der Waals surface area contributed by atoms with Crippen LogP contribution in [0.5, 0.6) is 0 Å². The van der Waals surface area contributed by atoms with Gasteiger partial charge in [0.15, 0.2) is 0 Å². The number of carboxylic acid groups (broad SMARTS) is 2. The second-order valence-electron chi connectivity index (χ2n) is 4.86. The van der Waals surface area contributed by atoms with E-state index < -0.39 is 11.9 Å². The van der Waals surface area contributed by atoms with Crippen LogP contribution < -0.4 is 0 Å². The highest BCUT2D eigenvalue weighted by Gasteiger charge is 1.96. The van der Waals surface area contributed by atoms with Gasteiger partial charge >= 0.3 is 11.9 Å². The van der Waals surface area contributed by atoms with Crippen LogP contribution in [0.15, 0.2) is 25.8 Å². The van der Waals surface area contributed by atoms with Crippen molar-refractivity contribution < 1.29 is 19.8 Å². The van der Waals surface area contributed by atoms with E-state index in [0.29, 0.717) is 6.42 Å². The molecule has 0 heterocycles. The van der Waals surface area contributed by atoms with Crippen LogP contribution in [-0.2, 0) is 9.59 Å². The average Bonchev–Trinajstić information content (AvgIpc) is 2.48. The van der Waals surface area contributed by atoms with Gasteiger partial charge in [-0.3, -0.25) is 9.59 Å². The third-order valence-corrected chi connectivity index (χ3v) is 2.81. The first-order valence-corrected chi connectivity index (χ1v) is 8.09. The number of hydrogen-bond acceptors (Lipinski definition) is 2. The van der Waals surface area contributed by atoms with Gasteiger partial charge in [-0.1, -0.05) is 64.4 Å². The van der Waals surface area contributed by atoms with Crippen molar-refractivity contribution in [2.45, 2.75) is 77.6 Å². The molecule has 0 saturated carbocycles. The van der Waals surface area contributed by atoms with Crippen molar-refractivity contribution in [1.82, 2.24) is 0 Å². The summed E-state index contributed by atoms with van der Waals surface area (Å²) in [4.78, 5) is 19.7. The van der Waals surface area contributed by atoms with Gasteiger partial charge in [0, 0.05) is 6.42 Å². The van der Waals surface area contributed by atoms with Crippen molar-refractivity contribution in [1.29, 1.82) is 0 Å². The van der Waals surface area contributed by atoms with E-state index in [1.54, 1.807) is 0 Å². The quantitative estimate of drug-likeness (QED) is 0.371. The van der Waals surface area contributed by atoms with Gasteiger partial charge < -0.3 is 10.2 Å². The molecule has 0 aromatic heterocycles. The highest BCUT2D eigenvalue weighted by molar-refractivity contribution is 5.68. The summed E-state index contributed by atoms with van der Waals surface area (Å²) < 4.78 is 0. The minimum Gasteiger partial charge on any atom is -0.481 e. The summed E-state index contributed by atoms with van der Waals surface area (Å²) in [6.07, 6.45) is 12.9. The van der Waals surface area contributed by atoms with E-state index in [2.05, 4.69) is 26.7 Å². The fraction of sp³-hybridized carbons (Fsp3) is 0.667. The standard InChI is InChI=1S/C12H24O2.C4H6O2.C2H4/c1-2-3-4-5-6-7-8-9-10-11-12(13)14;1-2-3-4(5)6;1-2/h2-11H2,1H3,(H,13,14);2H,1,3H2,(H,5,6);1-2H2. The molecule has 2 N–H and O–H groups in total. The van der Waals surface area contributed by atoms with Crippen LogP contribution in [-0.4, -0.2) is 22.2 Å². The Balaban J connectivity index is -0.000000378. The smallest absolute Gasteiger partial charge is 0.307 e. The van der Waals surface area contributed by atoms with Gasteiger partial charge in [-0.25, -0.2) is 0 Å². The molecule has 0 amide bonds. The van der Waals surface area contributed by atoms with Crippen molar-refractivity contribution in [3.05, 3.63) is 25.8 Å². The first kappa shape index (κ1) is 25.4. The highest BCUT2D eigenvalue weighted by Crippen LogP contribution is 2.10. The largest absolute Gasteiger partial charge is 0.481 e. The molecule has 0 unspecified atom stereocenters. The molecule has 0 saturated heterocycles. The first-order chi connectivity index (χ1) is 10.5. The van der Waals surface area contributed by atoms with Crippen molar-refractivity contribution in [2.24, 2.45) is 0 Å². The van der Waals surface area contributed by atoms with E-state index in [0.717, 1.165) is 12.8 Å². The lowest BCUT2D eigenvalue weighted by Crippen LogP contribution is -1.93. The molecule has 0 atom stereocenters. The van der Waals surface area contributed by atoms with E-state index in [4.69, 9.17) is 10.2 Å². The maximum Gasteiger partial charge on any atom is 0.307 e. The molecule has 0 aliphatic carbocycles. The van der Waals surface area contributed by atoms with E-state index in [1.807, 2.05) is 0 Å². The summed E-state index contributed by atoms with van der Waals surface area (Å²) in [5, 5.41) is 16.3. The Bertz CT molecular complexity index is 262. The summed E-state index contributed by atoms with van der Waals surface area (Å²) in [7, 11) is 0. The topological polar surface area (TPSA) is 74.6 Å². The molecule has 0 bridgehead atoms. The molecule has 0 spiro atoms. The zero-order chi connectivity index (χ0) is 17.6. The molecular formula is C18H34O4. The Morgan fingerprint density at radius 3 is 1.50 bits per heavy atom. The van der Waals surface area contributed by atoms with Crippen LogP contribution in [0.2, 0.25) is 0 Å². The molecule has 0 aliphatic heterocycles. The molecule has 0 radical (unpaired) electrons. The van der Waals surface area contributed by atoms with E-state index in [9.17, 15) is 9.59 Å². The van der Waals surface area contributed by atoms with Gasteiger partial charge in [0.2, 0.25) is 0 Å². The molecule has 4 heteroatoms. The second-order valence-corrected chi connectivity index (χ2v) is 4.86. The fourth-order valence-corrected chi connectivity index (χ4v) is 1.71. The summed E-state index contributed by atoms with van der Waals surface area (Å²) in [5.74, 6) is -1.49. The van der Waals surface area contributed by atoms with Crippen LogP contribution in [0.25, 0.3) is 0 Å². The Kier molecular flexibility index (Phi) is 28.2. The molecule has 130 valence electrons. The minimum absolute atomic E-state index is 0.0556. The molecule has 0 aromatic carbocycles. The van der Waals surface area contributed by atoms with E-state index in [1.165, 1.54) is 51.0 Å². The van der Waals surface area contributed by atoms with Gasteiger partial charge in [0.05, 0.1) is 6.42 Å².